The maximum absolute atomic E-state index is 9.08. The molecule has 3 nitrogen and oxygen atoms in total. The van der Waals surface area contributed by atoms with Gasteiger partial charge in [-0.1, -0.05) is 0 Å². The Labute approximate surface area is 114 Å². The predicted molar refractivity (Wildman–Crippen MR) is 77.2 cm³/mol. The van der Waals surface area contributed by atoms with Crippen LogP contribution in [0.4, 0.5) is 0 Å². The van der Waals surface area contributed by atoms with E-state index >= 15 is 0 Å². The van der Waals surface area contributed by atoms with Gasteiger partial charge in [0.25, 0.3) is 0 Å². The molecule has 0 unspecified atom stereocenters. The van der Waals surface area contributed by atoms with Crippen molar-refractivity contribution in [3.63, 3.8) is 0 Å². The third kappa shape index (κ3) is 1.93. The molecule has 0 bridgehead atoms. The first-order chi connectivity index (χ1) is 9.15. The molecule has 1 aromatic carbocycles. The van der Waals surface area contributed by atoms with Crippen molar-refractivity contribution in [1.82, 2.24) is 9.47 Å². The van der Waals surface area contributed by atoms with Crippen molar-refractivity contribution in [2.45, 2.75) is 31.8 Å². The van der Waals surface area contributed by atoms with Crippen LogP contribution in [0.15, 0.2) is 24.4 Å². The Morgan fingerprint density at radius 2 is 2.21 bits per heavy atom. The van der Waals surface area contributed by atoms with Gasteiger partial charge in [-0.3, -0.25) is 0 Å². The molecule has 3 rings (SSSR count). The smallest absolute Gasteiger partial charge is 0.0991 e. The molecule has 1 fully saturated rings. The molecule has 0 amide bonds. The Morgan fingerprint density at radius 3 is 2.79 bits per heavy atom. The molecule has 0 spiro atoms. The summed E-state index contributed by atoms with van der Waals surface area (Å²) < 4.78 is 2.29. The van der Waals surface area contributed by atoms with Crippen LogP contribution in [0.25, 0.3) is 10.9 Å². The summed E-state index contributed by atoms with van der Waals surface area (Å²) in [6, 6.07) is 8.93. The van der Waals surface area contributed by atoms with Crippen LogP contribution in [0.1, 0.15) is 30.4 Å². The number of hydrogen-bond donors (Lipinski definition) is 0. The number of aromatic nitrogens is 1. The summed E-state index contributed by atoms with van der Waals surface area (Å²) in [5.41, 5.74) is 3.42. The van der Waals surface area contributed by atoms with Gasteiger partial charge in [0, 0.05) is 35.6 Å². The minimum Gasteiger partial charge on any atom is -0.347 e. The van der Waals surface area contributed by atoms with Crippen LogP contribution >= 0.6 is 0 Å². The molecule has 1 aliphatic carbocycles. The second-order valence-corrected chi connectivity index (χ2v) is 5.59. The number of likely N-dealkylation sites (N-methyl/N-ethyl adjacent to an activating group) is 1. The van der Waals surface area contributed by atoms with E-state index in [-0.39, 0.29) is 0 Å². The molecule has 2 aromatic rings. The van der Waals surface area contributed by atoms with E-state index in [0.717, 1.165) is 12.1 Å². The van der Waals surface area contributed by atoms with E-state index in [2.05, 4.69) is 48.8 Å². The summed E-state index contributed by atoms with van der Waals surface area (Å²) in [5.74, 6) is 0.624. The monoisotopic (exact) mass is 253 g/mol. The molecule has 1 aromatic heterocycles. The second-order valence-electron chi connectivity index (χ2n) is 5.59. The molecule has 98 valence electrons. The normalized spacial score (nSPS) is 21.8. The average molecular weight is 253 g/mol. The van der Waals surface area contributed by atoms with Gasteiger partial charge in [-0.15, -0.1) is 0 Å². The second kappa shape index (κ2) is 4.40. The van der Waals surface area contributed by atoms with E-state index in [9.17, 15) is 0 Å². The van der Waals surface area contributed by atoms with Gasteiger partial charge in [-0.05, 0) is 51.2 Å². The summed E-state index contributed by atoms with van der Waals surface area (Å²) >= 11 is 0. The van der Waals surface area contributed by atoms with Crippen molar-refractivity contribution in [2.75, 3.05) is 14.1 Å². The lowest BCUT2D eigenvalue weighted by Crippen LogP contribution is -2.15. The highest BCUT2D eigenvalue weighted by atomic mass is 15.1. The molecule has 0 aliphatic heterocycles. The molecular formula is C16H19N3. The Hall–Kier alpha value is -1.79. The van der Waals surface area contributed by atoms with Crippen molar-refractivity contribution in [1.29, 1.82) is 5.26 Å². The molecular weight excluding hydrogens is 234 g/mol. The molecule has 0 N–H and O–H groups in total. The third-order valence-corrected chi connectivity index (χ3v) is 4.20. The summed E-state index contributed by atoms with van der Waals surface area (Å²) in [6.07, 6.45) is 3.51. The first kappa shape index (κ1) is 12.3. The number of benzene rings is 1. The quantitative estimate of drug-likeness (QED) is 0.842. The predicted octanol–water partition coefficient (Wildman–Crippen LogP) is 2.95. The number of fused-ring (bicyclic) bond motifs is 1. The van der Waals surface area contributed by atoms with E-state index in [1.54, 1.807) is 0 Å². The van der Waals surface area contributed by atoms with Crippen LogP contribution < -0.4 is 0 Å². The molecule has 0 saturated heterocycles. The van der Waals surface area contributed by atoms with E-state index in [1.165, 1.54) is 22.9 Å². The van der Waals surface area contributed by atoms with Gasteiger partial charge in [0.1, 0.15) is 0 Å². The summed E-state index contributed by atoms with van der Waals surface area (Å²) in [6.45, 7) is 3.14. The van der Waals surface area contributed by atoms with Gasteiger partial charge >= 0.3 is 0 Å². The molecule has 1 saturated carbocycles. The standard InChI is InChI=1S/C16H19N3/c1-4-19-10-14(13-8-16(13)18(2)3)12-7-11(9-17)5-6-15(12)19/h5-7,10,13,16H,4,8H2,1-3H3/t13-,16-/m0/s1. The van der Waals surface area contributed by atoms with Crippen molar-refractivity contribution >= 4 is 10.9 Å². The van der Waals surface area contributed by atoms with E-state index in [4.69, 9.17) is 5.26 Å². The van der Waals surface area contributed by atoms with Crippen LogP contribution in [0.2, 0.25) is 0 Å². The number of aryl methyl sites for hydroxylation is 1. The Kier molecular flexibility index (Phi) is 2.83. The van der Waals surface area contributed by atoms with E-state index < -0.39 is 0 Å². The lowest BCUT2D eigenvalue weighted by molar-refractivity contribution is 0.391. The summed E-state index contributed by atoms with van der Waals surface area (Å²) in [4.78, 5) is 2.30. The van der Waals surface area contributed by atoms with Crippen molar-refractivity contribution in [3.05, 3.63) is 35.5 Å². The zero-order chi connectivity index (χ0) is 13.6. The van der Waals surface area contributed by atoms with Gasteiger partial charge in [0.05, 0.1) is 11.6 Å². The molecule has 3 heteroatoms. The number of rotatable bonds is 3. The maximum atomic E-state index is 9.08. The van der Waals surface area contributed by atoms with E-state index in [1.807, 2.05) is 12.1 Å². The van der Waals surface area contributed by atoms with Gasteiger partial charge in [-0.2, -0.15) is 5.26 Å². The van der Waals surface area contributed by atoms with Crippen LogP contribution in [-0.4, -0.2) is 29.6 Å². The molecule has 0 radical (unpaired) electrons. The van der Waals surface area contributed by atoms with Gasteiger partial charge in [-0.25, -0.2) is 0 Å². The molecule has 1 aliphatic rings. The molecule has 19 heavy (non-hydrogen) atoms. The Morgan fingerprint density at radius 1 is 1.42 bits per heavy atom. The van der Waals surface area contributed by atoms with Crippen molar-refractivity contribution in [2.24, 2.45) is 0 Å². The van der Waals surface area contributed by atoms with Gasteiger partial charge in [0.15, 0.2) is 0 Å². The number of nitrogens with zero attached hydrogens (tertiary/aromatic N) is 3. The topological polar surface area (TPSA) is 32.0 Å². The Balaban J connectivity index is 2.11. The lowest BCUT2D eigenvalue weighted by Gasteiger charge is -2.07. The fourth-order valence-corrected chi connectivity index (χ4v) is 3.04. The molecule has 2 atom stereocenters. The summed E-state index contributed by atoms with van der Waals surface area (Å²) in [5, 5.41) is 10.3. The third-order valence-electron chi connectivity index (χ3n) is 4.20. The fraction of sp³-hybridized carbons (Fsp3) is 0.438. The largest absolute Gasteiger partial charge is 0.347 e. The summed E-state index contributed by atoms with van der Waals surface area (Å²) in [7, 11) is 4.29. The fourth-order valence-electron chi connectivity index (χ4n) is 3.04. The van der Waals surface area contributed by atoms with Crippen LogP contribution in [0.3, 0.4) is 0 Å². The van der Waals surface area contributed by atoms with Gasteiger partial charge in [0.2, 0.25) is 0 Å². The maximum Gasteiger partial charge on any atom is 0.0991 e. The number of nitriles is 1. The SMILES string of the molecule is CCn1cc([C@@H]2C[C@@H]2N(C)C)c2cc(C#N)ccc21. The Bertz CT molecular complexity index is 660. The first-order valence-electron chi connectivity index (χ1n) is 6.85. The van der Waals surface area contributed by atoms with Crippen LogP contribution in [0.5, 0.6) is 0 Å². The van der Waals surface area contributed by atoms with Crippen molar-refractivity contribution in [3.8, 4) is 6.07 Å². The zero-order valence-electron chi connectivity index (χ0n) is 11.7. The highest BCUT2D eigenvalue weighted by molar-refractivity contribution is 5.86. The molecule has 1 heterocycles. The van der Waals surface area contributed by atoms with E-state index in [0.29, 0.717) is 12.0 Å². The first-order valence-corrected chi connectivity index (χ1v) is 6.85. The van der Waals surface area contributed by atoms with Crippen molar-refractivity contribution < 1.29 is 0 Å². The minimum atomic E-state index is 0.624. The average Bonchev–Trinajstić information content (AvgIpc) is 3.13. The highest BCUT2D eigenvalue weighted by Gasteiger charge is 2.41. The zero-order valence-corrected chi connectivity index (χ0v) is 11.7. The van der Waals surface area contributed by atoms with Gasteiger partial charge < -0.3 is 9.47 Å². The van der Waals surface area contributed by atoms with Crippen LogP contribution in [-0.2, 0) is 6.54 Å². The lowest BCUT2D eigenvalue weighted by atomic mass is 10.1. The highest BCUT2D eigenvalue weighted by Crippen LogP contribution is 2.46. The van der Waals surface area contributed by atoms with Crippen LogP contribution in [0, 0.1) is 11.3 Å². The number of hydrogen-bond acceptors (Lipinski definition) is 2. The minimum absolute atomic E-state index is 0.624.